The van der Waals surface area contributed by atoms with Gasteiger partial charge in [0.1, 0.15) is 0 Å². The van der Waals surface area contributed by atoms with E-state index in [2.05, 4.69) is 0 Å². The molecule has 3 heteroatoms. The molecule has 1 heterocycles. The molecule has 1 atom stereocenters. The third-order valence-corrected chi connectivity index (χ3v) is 1.68. The van der Waals surface area contributed by atoms with Crippen LogP contribution in [-0.2, 0) is 0 Å². The van der Waals surface area contributed by atoms with Crippen LogP contribution in [0.15, 0.2) is 18.3 Å². The fraction of sp³-hybridized carbons (Fsp3) is 0.375. The van der Waals surface area contributed by atoms with Gasteiger partial charge in [-0.05, 0) is 13.0 Å². The standard InChI is InChI=1S/C8H13N2O/c1-6-3-4-8(7(2)9)5-10(6)11/h3-5,7,11H,9H2,1-2H3/q+1/t7-/m1/s1. The number of pyridine rings is 1. The second-order valence-electron chi connectivity index (χ2n) is 2.74. The van der Waals surface area contributed by atoms with Crippen molar-refractivity contribution < 1.29 is 9.94 Å². The highest BCUT2D eigenvalue weighted by atomic mass is 16.5. The summed E-state index contributed by atoms with van der Waals surface area (Å²) < 4.78 is 1.08. The van der Waals surface area contributed by atoms with Gasteiger partial charge in [-0.3, -0.25) is 5.21 Å². The molecule has 0 bridgehead atoms. The van der Waals surface area contributed by atoms with Gasteiger partial charge < -0.3 is 5.73 Å². The molecule has 0 spiro atoms. The van der Waals surface area contributed by atoms with E-state index in [-0.39, 0.29) is 6.04 Å². The second kappa shape index (κ2) is 2.88. The van der Waals surface area contributed by atoms with Crippen molar-refractivity contribution in [1.29, 1.82) is 0 Å². The molecule has 1 rings (SSSR count). The van der Waals surface area contributed by atoms with Crippen LogP contribution in [0, 0.1) is 6.92 Å². The number of aryl methyl sites for hydroxylation is 1. The first-order chi connectivity index (χ1) is 5.11. The molecule has 0 unspecified atom stereocenters. The molecule has 0 amide bonds. The van der Waals surface area contributed by atoms with Gasteiger partial charge in [-0.1, -0.05) is 0 Å². The molecule has 3 nitrogen and oxygen atoms in total. The normalized spacial score (nSPS) is 13.0. The smallest absolute Gasteiger partial charge is 0.231 e. The van der Waals surface area contributed by atoms with Gasteiger partial charge in [0.25, 0.3) is 0 Å². The molecule has 0 aliphatic rings. The molecule has 0 aliphatic carbocycles. The Morgan fingerprint density at radius 3 is 2.64 bits per heavy atom. The second-order valence-corrected chi connectivity index (χ2v) is 2.74. The minimum Gasteiger partial charge on any atom is -0.324 e. The predicted molar refractivity (Wildman–Crippen MR) is 41.2 cm³/mol. The summed E-state index contributed by atoms with van der Waals surface area (Å²) in [6, 6.07) is 3.71. The van der Waals surface area contributed by atoms with Gasteiger partial charge in [0, 0.05) is 29.3 Å². The molecular formula is C8H13N2O+. The van der Waals surface area contributed by atoms with Crippen LogP contribution in [0.25, 0.3) is 0 Å². The molecule has 11 heavy (non-hydrogen) atoms. The Bertz CT molecular complexity index is 258. The summed E-state index contributed by atoms with van der Waals surface area (Å²) in [6.45, 7) is 3.70. The van der Waals surface area contributed by atoms with E-state index in [1.165, 1.54) is 0 Å². The van der Waals surface area contributed by atoms with Crippen LogP contribution in [-0.4, -0.2) is 5.21 Å². The molecule has 1 aromatic rings. The van der Waals surface area contributed by atoms with Crippen molar-refractivity contribution in [3.8, 4) is 0 Å². The third kappa shape index (κ3) is 1.68. The van der Waals surface area contributed by atoms with E-state index in [1.54, 1.807) is 6.20 Å². The number of aromatic nitrogens is 1. The first-order valence-electron chi connectivity index (χ1n) is 3.58. The van der Waals surface area contributed by atoms with Crippen LogP contribution in [0.2, 0.25) is 0 Å². The van der Waals surface area contributed by atoms with Gasteiger partial charge in [0.05, 0.1) is 0 Å². The van der Waals surface area contributed by atoms with E-state index in [0.29, 0.717) is 0 Å². The van der Waals surface area contributed by atoms with Crippen molar-refractivity contribution in [3.05, 3.63) is 29.6 Å². The maximum Gasteiger partial charge on any atom is 0.231 e. The van der Waals surface area contributed by atoms with Crippen LogP contribution in [0.5, 0.6) is 0 Å². The zero-order valence-corrected chi connectivity index (χ0v) is 6.78. The molecular weight excluding hydrogens is 140 g/mol. The Kier molecular flexibility index (Phi) is 2.10. The summed E-state index contributed by atoms with van der Waals surface area (Å²) in [6.07, 6.45) is 1.62. The Balaban J connectivity index is 3.05. The Hall–Kier alpha value is -1.09. The lowest BCUT2D eigenvalue weighted by molar-refractivity contribution is -0.909. The third-order valence-electron chi connectivity index (χ3n) is 1.68. The monoisotopic (exact) mass is 153 g/mol. The van der Waals surface area contributed by atoms with Gasteiger partial charge in [-0.2, -0.15) is 0 Å². The van der Waals surface area contributed by atoms with Crippen LogP contribution in [0.1, 0.15) is 24.2 Å². The molecule has 0 saturated heterocycles. The summed E-state index contributed by atoms with van der Waals surface area (Å²) in [5, 5.41) is 9.21. The SMILES string of the molecule is Cc1ccc([C@@H](C)N)c[n+]1O. The van der Waals surface area contributed by atoms with Crippen LogP contribution >= 0.6 is 0 Å². The van der Waals surface area contributed by atoms with Gasteiger partial charge in [-0.25, -0.2) is 0 Å². The van der Waals surface area contributed by atoms with Crippen molar-refractivity contribution in [2.24, 2.45) is 5.73 Å². The largest absolute Gasteiger partial charge is 0.324 e. The lowest BCUT2D eigenvalue weighted by Crippen LogP contribution is -2.34. The average molecular weight is 153 g/mol. The number of hydrogen-bond donors (Lipinski definition) is 2. The van der Waals surface area contributed by atoms with Crippen molar-refractivity contribution >= 4 is 0 Å². The van der Waals surface area contributed by atoms with Crippen molar-refractivity contribution in [2.75, 3.05) is 0 Å². The summed E-state index contributed by atoms with van der Waals surface area (Å²) in [4.78, 5) is 0. The Morgan fingerprint density at radius 1 is 1.55 bits per heavy atom. The van der Waals surface area contributed by atoms with E-state index in [4.69, 9.17) is 5.73 Å². The number of hydrogen-bond acceptors (Lipinski definition) is 2. The number of nitrogens with two attached hydrogens (primary N) is 1. The summed E-state index contributed by atoms with van der Waals surface area (Å²) in [5.41, 5.74) is 7.34. The first kappa shape index (κ1) is 8.01. The zero-order valence-electron chi connectivity index (χ0n) is 6.78. The predicted octanol–water partition coefficient (Wildman–Crippen LogP) is 0.540. The van der Waals surface area contributed by atoms with Gasteiger partial charge in [0.2, 0.25) is 11.9 Å². The maximum absolute atomic E-state index is 9.21. The molecule has 0 saturated carbocycles. The average Bonchev–Trinajstić information content (AvgIpc) is 1.94. The minimum atomic E-state index is -0.0333. The molecule has 3 N–H and O–H groups in total. The number of nitrogens with zero attached hydrogens (tertiary/aromatic N) is 1. The first-order valence-corrected chi connectivity index (χ1v) is 3.58. The molecule has 60 valence electrons. The van der Waals surface area contributed by atoms with Crippen LogP contribution in [0.3, 0.4) is 0 Å². The molecule has 0 aliphatic heterocycles. The van der Waals surface area contributed by atoms with E-state index < -0.39 is 0 Å². The van der Waals surface area contributed by atoms with Crippen molar-refractivity contribution in [1.82, 2.24) is 0 Å². The molecule has 0 aromatic carbocycles. The van der Waals surface area contributed by atoms with E-state index in [0.717, 1.165) is 16.0 Å². The fourth-order valence-corrected chi connectivity index (χ4v) is 0.849. The number of rotatable bonds is 1. The van der Waals surface area contributed by atoms with Crippen LogP contribution < -0.4 is 10.5 Å². The molecule has 0 radical (unpaired) electrons. The summed E-state index contributed by atoms with van der Waals surface area (Å²) >= 11 is 0. The molecule has 1 aromatic heterocycles. The highest BCUT2D eigenvalue weighted by Crippen LogP contribution is 2.05. The van der Waals surface area contributed by atoms with Crippen molar-refractivity contribution in [3.63, 3.8) is 0 Å². The van der Waals surface area contributed by atoms with E-state index in [9.17, 15) is 5.21 Å². The van der Waals surface area contributed by atoms with Gasteiger partial charge in [-0.15, -0.1) is 0 Å². The Labute approximate surface area is 66.0 Å². The van der Waals surface area contributed by atoms with E-state index in [1.807, 2.05) is 26.0 Å². The topological polar surface area (TPSA) is 50.1 Å². The highest BCUT2D eigenvalue weighted by molar-refractivity contribution is 5.11. The minimum absolute atomic E-state index is 0.0333. The van der Waals surface area contributed by atoms with E-state index >= 15 is 0 Å². The highest BCUT2D eigenvalue weighted by Gasteiger charge is 2.08. The van der Waals surface area contributed by atoms with Gasteiger partial charge >= 0.3 is 0 Å². The fourth-order valence-electron chi connectivity index (χ4n) is 0.849. The molecule has 0 fully saturated rings. The van der Waals surface area contributed by atoms with Gasteiger partial charge in [0.15, 0.2) is 0 Å². The summed E-state index contributed by atoms with van der Waals surface area (Å²) in [7, 11) is 0. The quantitative estimate of drug-likeness (QED) is 0.457. The summed E-state index contributed by atoms with van der Waals surface area (Å²) in [5.74, 6) is 0. The lowest BCUT2D eigenvalue weighted by atomic mass is 10.1. The van der Waals surface area contributed by atoms with Crippen LogP contribution in [0.4, 0.5) is 0 Å². The maximum atomic E-state index is 9.21. The zero-order chi connectivity index (χ0) is 8.43. The lowest BCUT2D eigenvalue weighted by Gasteiger charge is -2.01. The Morgan fingerprint density at radius 2 is 2.18 bits per heavy atom. The van der Waals surface area contributed by atoms with Crippen molar-refractivity contribution in [2.45, 2.75) is 19.9 Å².